The molecule has 0 bridgehead atoms. The predicted octanol–water partition coefficient (Wildman–Crippen LogP) is 11.9. The largest absolute Gasteiger partial charge is 0.417 e. The van der Waals surface area contributed by atoms with Gasteiger partial charge in [-0.1, -0.05) is 102 Å². The molecule has 0 amide bonds. The van der Waals surface area contributed by atoms with E-state index in [0.717, 1.165) is 38.0 Å². The lowest BCUT2D eigenvalue weighted by molar-refractivity contribution is 0.121. The molecule has 9 heteroatoms. The van der Waals surface area contributed by atoms with Crippen LogP contribution < -0.4 is 0 Å². The number of allylic oxidation sites excluding steroid dienone is 2. The molecule has 0 aromatic rings. The quantitative estimate of drug-likeness (QED) is 0.0556. The van der Waals surface area contributed by atoms with Crippen LogP contribution in [-0.4, -0.2) is 60.1 Å². The van der Waals surface area contributed by atoms with Crippen LogP contribution in [0.4, 0.5) is 0 Å². The van der Waals surface area contributed by atoms with E-state index in [1.807, 2.05) is 6.92 Å². The van der Waals surface area contributed by atoms with E-state index in [0.29, 0.717) is 6.42 Å². The smallest absolute Gasteiger partial charge is 0.194 e. The molecule has 0 radical (unpaired) electrons. The van der Waals surface area contributed by atoms with Gasteiger partial charge in [0.2, 0.25) is 0 Å². The van der Waals surface area contributed by atoms with Crippen LogP contribution in [0.5, 0.6) is 0 Å². The van der Waals surface area contributed by atoms with Gasteiger partial charge in [0.15, 0.2) is 25.0 Å². The number of hydrogen-bond donors (Lipinski definition) is 1. The van der Waals surface area contributed by atoms with Gasteiger partial charge in [-0.3, -0.25) is 0 Å². The minimum atomic E-state index is -2.04. The van der Waals surface area contributed by atoms with E-state index >= 15 is 0 Å². The summed E-state index contributed by atoms with van der Waals surface area (Å²) in [7, 11) is -5.74. The van der Waals surface area contributed by atoms with Gasteiger partial charge >= 0.3 is 0 Å². The first-order valence-corrected chi connectivity index (χ1v) is 28.0. The van der Waals surface area contributed by atoms with E-state index in [2.05, 4.69) is 148 Å². The summed E-state index contributed by atoms with van der Waals surface area (Å²) in [4.78, 5) is 0. The van der Waals surface area contributed by atoms with Gasteiger partial charge in [-0.2, -0.15) is 0 Å². The molecule has 0 aliphatic heterocycles. The van der Waals surface area contributed by atoms with Gasteiger partial charge in [0.05, 0.1) is 18.0 Å². The summed E-state index contributed by atoms with van der Waals surface area (Å²) in [6.07, 6.45) is 11.1. The molecule has 1 aliphatic carbocycles. The van der Waals surface area contributed by atoms with Crippen molar-refractivity contribution in [2.75, 3.05) is 12.4 Å². The van der Waals surface area contributed by atoms with Crippen molar-refractivity contribution < 1.29 is 18.4 Å². The van der Waals surface area contributed by atoms with Crippen molar-refractivity contribution in [2.45, 2.75) is 173 Å². The molecule has 0 aromatic carbocycles. The zero-order chi connectivity index (χ0) is 35.8. The maximum atomic E-state index is 11.5. The molecular weight excluding hydrogens is 705 g/mol. The van der Waals surface area contributed by atoms with Crippen molar-refractivity contribution in [2.24, 2.45) is 11.8 Å². The average Bonchev–Trinajstić information content (AvgIpc) is 3.15. The van der Waals surface area contributed by atoms with Crippen molar-refractivity contribution in [3.63, 3.8) is 0 Å². The number of aliphatic hydroxyl groups is 1. The Morgan fingerprint density at radius 3 is 2.00 bits per heavy atom. The number of thioether (sulfide) groups is 1. The molecule has 5 atom stereocenters. The number of hydrogen-bond acceptors (Lipinski definition) is 5. The number of rotatable bonds is 16. The monoisotopic (exact) mass is 774 g/mol. The van der Waals surface area contributed by atoms with Gasteiger partial charge in [0.1, 0.15) is 5.44 Å². The Hall–Kier alpha value is 0.361. The van der Waals surface area contributed by atoms with Crippen LogP contribution in [0.1, 0.15) is 101 Å². The summed E-state index contributed by atoms with van der Waals surface area (Å²) < 4.78 is 21.5. The van der Waals surface area contributed by atoms with E-state index < -0.39 is 31.1 Å². The molecule has 0 aromatic heterocycles. The Balaban J connectivity index is 3.19. The van der Waals surface area contributed by atoms with Crippen LogP contribution in [0.15, 0.2) is 22.7 Å². The van der Waals surface area contributed by atoms with Crippen LogP contribution in [0.2, 0.25) is 54.4 Å². The van der Waals surface area contributed by atoms with Crippen LogP contribution >= 0.6 is 27.7 Å². The van der Waals surface area contributed by atoms with Crippen molar-refractivity contribution >= 4 is 52.6 Å². The highest BCUT2D eigenvalue weighted by atomic mass is 79.9. The fraction of sp³-hybridized carbons (Fsp3) is 0.838. The Morgan fingerprint density at radius 1 is 0.913 bits per heavy atom. The third kappa shape index (κ3) is 13.9. The molecule has 1 saturated carbocycles. The molecule has 4 nitrogen and oxygen atoms in total. The van der Waals surface area contributed by atoms with E-state index in [-0.39, 0.29) is 38.5 Å². The van der Waals surface area contributed by atoms with Gasteiger partial charge in [0.25, 0.3) is 0 Å². The summed E-state index contributed by atoms with van der Waals surface area (Å²) in [5.74, 6) is 7.15. The normalized spacial score (nSPS) is 23.1. The molecule has 1 rings (SSSR count). The highest BCUT2D eigenvalue weighted by Gasteiger charge is 2.47. The van der Waals surface area contributed by atoms with Gasteiger partial charge < -0.3 is 18.4 Å². The first-order valence-electron chi connectivity index (χ1n) is 17.5. The summed E-state index contributed by atoms with van der Waals surface area (Å²) in [6.45, 7) is 37.2. The molecule has 0 heterocycles. The van der Waals surface area contributed by atoms with Gasteiger partial charge in [0, 0.05) is 12.5 Å². The standard InChI is InChI=1S/C37H71BrO4SSi3/c1-17-18-26-43-34(42-46(15,16)37(8,9)10)24-23-30-31(32(39)28-33(30)41-45(13,14)36(5,6)7)27-29(38)22-20-19-21-25-40-44(11,12)35(2,3)4/h22-24,30-34,39H,19-21,25-28H2,1-16H3/b24-23+,29-22-/t30-,31-,32?,33?,34?/m1/s1. The first kappa shape index (κ1) is 44.4. The van der Waals surface area contributed by atoms with Crippen molar-refractivity contribution in [3.8, 4) is 11.8 Å². The lowest BCUT2D eigenvalue weighted by atomic mass is 9.90. The summed E-state index contributed by atoms with van der Waals surface area (Å²) in [5.41, 5.74) is -0.0822. The summed E-state index contributed by atoms with van der Waals surface area (Å²) >= 11 is 5.65. The third-order valence-electron chi connectivity index (χ3n) is 11.0. The molecule has 1 N–H and O–H groups in total. The summed E-state index contributed by atoms with van der Waals surface area (Å²) in [5, 5.41) is 11.9. The molecule has 268 valence electrons. The number of unbranched alkanes of at least 4 members (excludes halogenated alkanes) is 2. The van der Waals surface area contributed by atoms with Gasteiger partial charge in [-0.05, 0) is 104 Å². The fourth-order valence-electron chi connectivity index (χ4n) is 4.69. The van der Waals surface area contributed by atoms with E-state index in [4.69, 9.17) is 13.3 Å². The molecule has 1 aliphatic rings. The van der Waals surface area contributed by atoms with E-state index in [1.54, 1.807) is 11.8 Å². The van der Waals surface area contributed by atoms with Crippen LogP contribution in [-0.2, 0) is 13.3 Å². The van der Waals surface area contributed by atoms with E-state index in [9.17, 15) is 5.11 Å². The molecule has 1 fully saturated rings. The molecule has 46 heavy (non-hydrogen) atoms. The fourth-order valence-corrected chi connectivity index (χ4v) is 10.3. The van der Waals surface area contributed by atoms with Gasteiger partial charge in [-0.25, -0.2) is 0 Å². The predicted molar refractivity (Wildman–Crippen MR) is 215 cm³/mol. The second kappa shape index (κ2) is 18.0. The molecular formula is C37H71BrO4SSi3. The van der Waals surface area contributed by atoms with Crippen molar-refractivity contribution in [1.29, 1.82) is 0 Å². The second-order valence-corrected chi connectivity index (χ2v) is 34.2. The van der Waals surface area contributed by atoms with Crippen LogP contribution in [0, 0.1) is 23.7 Å². The average molecular weight is 776 g/mol. The van der Waals surface area contributed by atoms with Crippen molar-refractivity contribution in [3.05, 3.63) is 22.7 Å². The Bertz CT molecular complexity index is 1060. The van der Waals surface area contributed by atoms with Gasteiger partial charge in [-0.15, -0.1) is 17.7 Å². The number of halogens is 1. The van der Waals surface area contributed by atoms with Crippen molar-refractivity contribution in [1.82, 2.24) is 0 Å². The molecule has 0 spiro atoms. The second-order valence-electron chi connectivity index (χ2n) is 17.8. The SMILES string of the molecule is CC#CCSC(/C=C/[C@H]1C(O[Si](C)(C)C(C)(C)C)CC(O)[C@@H]1C/C(Br)=C/CCCCO[Si](C)(C)C(C)(C)C)O[Si](C)(C)C(C)(C)C. The Kier molecular flexibility index (Phi) is 17.4. The van der Waals surface area contributed by atoms with E-state index in [1.165, 1.54) is 4.48 Å². The maximum absolute atomic E-state index is 11.5. The van der Waals surface area contributed by atoms with Crippen LogP contribution in [0.3, 0.4) is 0 Å². The number of aliphatic hydroxyl groups excluding tert-OH is 1. The van der Waals surface area contributed by atoms with Crippen LogP contribution in [0.25, 0.3) is 0 Å². The minimum Gasteiger partial charge on any atom is -0.417 e. The zero-order valence-corrected chi connectivity index (χ0v) is 37.9. The molecule has 0 saturated heterocycles. The third-order valence-corrected chi connectivity index (χ3v) is 26.2. The molecule has 3 unspecified atom stereocenters. The maximum Gasteiger partial charge on any atom is 0.194 e. The highest BCUT2D eigenvalue weighted by Crippen LogP contribution is 2.46. The first-order chi connectivity index (χ1) is 20.8. The topological polar surface area (TPSA) is 47.9 Å². The Labute approximate surface area is 301 Å². The summed E-state index contributed by atoms with van der Waals surface area (Å²) in [6, 6.07) is 0. The lowest BCUT2D eigenvalue weighted by Crippen LogP contribution is -2.45. The Morgan fingerprint density at radius 2 is 1.48 bits per heavy atom. The highest BCUT2D eigenvalue weighted by molar-refractivity contribution is 9.11. The minimum absolute atomic E-state index is 0.0149. The lowest BCUT2D eigenvalue weighted by Gasteiger charge is -2.40. The zero-order valence-electron chi connectivity index (χ0n) is 32.5.